The summed E-state index contributed by atoms with van der Waals surface area (Å²) in [5.74, 6) is -1.15. The highest BCUT2D eigenvalue weighted by Gasteiger charge is 2.37. The quantitative estimate of drug-likeness (QED) is 0.537. The molecule has 2 atom stereocenters. The van der Waals surface area contributed by atoms with Crippen LogP contribution in [0.15, 0.2) is 75.8 Å². The molecule has 8 nitrogen and oxygen atoms in total. The number of benzene rings is 2. The molecule has 0 fully saturated rings. The Labute approximate surface area is 194 Å². The van der Waals surface area contributed by atoms with Crippen LogP contribution in [0.2, 0.25) is 5.02 Å². The zero-order valence-corrected chi connectivity index (χ0v) is 17.8. The van der Waals surface area contributed by atoms with Gasteiger partial charge < -0.3 is 15.3 Å². The molecule has 0 spiro atoms. The Morgan fingerprint density at radius 1 is 1.18 bits per heavy atom. The largest absolute Gasteiger partial charge is 0.478 e. The van der Waals surface area contributed by atoms with Crippen molar-refractivity contribution >= 4 is 35.0 Å². The molecule has 0 saturated heterocycles. The molecule has 1 aromatic heterocycles. The van der Waals surface area contributed by atoms with E-state index in [1.165, 1.54) is 23.2 Å². The van der Waals surface area contributed by atoms with Crippen LogP contribution in [-0.2, 0) is 0 Å². The molecule has 162 valence electrons. The highest BCUT2D eigenvalue weighted by molar-refractivity contribution is 6.33. The first kappa shape index (κ1) is 21.8. The molecular formula is C24H16ClN5O3. The first-order valence-electron chi connectivity index (χ1n) is 9.76. The highest BCUT2D eigenvalue weighted by Crippen LogP contribution is 2.31. The average molecular weight is 458 g/mol. The fourth-order valence-corrected chi connectivity index (χ4v) is 3.71. The second kappa shape index (κ2) is 9.01. The highest BCUT2D eigenvalue weighted by atomic mass is 35.5. The zero-order chi connectivity index (χ0) is 23.5. The van der Waals surface area contributed by atoms with Gasteiger partial charge in [-0.25, -0.2) is 9.80 Å². The summed E-state index contributed by atoms with van der Waals surface area (Å²) in [6.07, 6.45) is 0.743. The van der Waals surface area contributed by atoms with Crippen molar-refractivity contribution in [3.8, 4) is 23.5 Å². The zero-order valence-electron chi connectivity index (χ0n) is 17.0. The minimum atomic E-state index is -1.12. The molecule has 0 amide bonds. The summed E-state index contributed by atoms with van der Waals surface area (Å²) in [6.45, 7) is 0. The Morgan fingerprint density at radius 2 is 1.94 bits per heavy atom. The molecule has 0 unspecified atom stereocenters. The molecule has 2 aromatic carbocycles. The molecule has 4 rings (SSSR count). The predicted octanol–water partition coefficient (Wildman–Crippen LogP) is 4.51. The number of nitriles is 2. The third-order valence-corrected chi connectivity index (χ3v) is 5.40. The number of carbonyl (C=O) groups is 1. The van der Waals surface area contributed by atoms with Crippen molar-refractivity contribution in [2.45, 2.75) is 6.17 Å². The molecule has 9 heteroatoms. The number of nitrogens with zero attached hydrogens (tertiary/aromatic N) is 4. The van der Waals surface area contributed by atoms with Crippen LogP contribution in [0.5, 0.6) is 0 Å². The Balaban J connectivity index is 1.67. The molecule has 0 saturated carbocycles. The summed E-state index contributed by atoms with van der Waals surface area (Å²) in [5.41, 5.74) is 7.92. The molecule has 2 heterocycles. The molecule has 3 aromatic rings. The van der Waals surface area contributed by atoms with Gasteiger partial charge in [0.25, 0.3) is 0 Å². The van der Waals surface area contributed by atoms with E-state index in [0.29, 0.717) is 22.8 Å². The lowest BCUT2D eigenvalue weighted by molar-refractivity contribution is 0.0697. The number of para-hydroxylation sites is 1. The number of carboxylic acids is 1. The van der Waals surface area contributed by atoms with Gasteiger partial charge in [0, 0.05) is 11.6 Å². The SMILES string of the molecule is N#C/C(=C/c1ccc(-c2ccc(C(=O)O)c(Cl)c2)o1)C1=NN(c2ccccc2)[C@@H](N)[C@H]1C#N. The molecule has 33 heavy (non-hydrogen) atoms. The second-order valence-electron chi connectivity index (χ2n) is 7.13. The number of halogens is 1. The number of aromatic carboxylic acids is 1. The number of allylic oxidation sites excluding steroid dienone is 1. The van der Waals surface area contributed by atoms with E-state index in [4.69, 9.17) is 26.9 Å². The fourth-order valence-electron chi connectivity index (χ4n) is 3.45. The van der Waals surface area contributed by atoms with Crippen LogP contribution in [0.3, 0.4) is 0 Å². The van der Waals surface area contributed by atoms with Crippen LogP contribution >= 0.6 is 11.6 Å². The summed E-state index contributed by atoms with van der Waals surface area (Å²) < 4.78 is 5.81. The van der Waals surface area contributed by atoms with Crippen LogP contribution in [0.1, 0.15) is 16.1 Å². The van der Waals surface area contributed by atoms with Gasteiger partial charge >= 0.3 is 5.97 Å². The van der Waals surface area contributed by atoms with Crippen molar-refractivity contribution in [2.75, 3.05) is 5.01 Å². The number of anilines is 1. The summed E-state index contributed by atoms with van der Waals surface area (Å²) in [7, 11) is 0. The maximum absolute atomic E-state index is 11.1. The van der Waals surface area contributed by atoms with Crippen molar-refractivity contribution in [3.05, 3.63) is 82.6 Å². The van der Waals surface area contributed by atoms with Gasteiger partial charge in [0.2, 0.25) is 0 Å². The average Bonchev–Trinajstić information content (AvgIpc) is 3.41. The first-order valence-corrected chi connectivity index (χ1v) is 10.1. The number of nitrogens with two attached hydrogens (primary N) is 1. The minimum Gasteiger partial charge on any atom is -0.478 e. The number of carboxylic acid groups (broad SMARTS) is 1. The monoisotopic (exact) mass is 457 g/mol. The Hall–Kier alpha value is -4.37. The Morgan fingerprint density at radius 3 is 2.58 bits per heavy atom. The smallest absolute Gasteiger partial charge is 0.337 e. The molecule has 0 aliphatic carbocycles. The third-order valence-electron chi connectivity index (χ3n) is 5.09. The van der Waals surface area contributed by atoms with E-state index in [1.54, 1.807) is 18.2 Å². The summed E-state index contributed by atoms with van der Waals surface area (Å²) in [5, 5.41) is 34.6. The molecule has 1 aliphatic heterocycles. The number of rotatable bonds is 5. The van der Waals surface area contributed by atoms with Gasteiger partial charge in [0.1, 0.15) is 29.7 Å². The van der Waals surface area contributed by atoms with Crippen LogP contribution in [0, 0.1) is 28.6 Å². The minimum absolute atomic E-state index is 0.0139. The van der Waals surface area contributed by atoms with Gasteiger partial charge in [0.15, 0.2) is 0 Å². The van der Waals surface area contributed by atoms with E-state index in [9.17, 15) is 15.3 Å². The van der Waals surface area contributed by atoms with E-state index in [0.717, 1.165) is 0 Å². The summed E-state index contributed by atoms with van der Waals surface area (Å²) in [6, 6.07) is 21.1. The second-order valence-corrected chi connectivity index (χ2v) is 7.54. The topological polar surface area (TPSA) is 140 Å². The third kappa shape index (κ3) is 4.21. The molecule has 0 bridgehead atoms. The van der Waals surface area contributed by atoms with Gasteiger partial charge in [-0.3, -0.25) is 0 Å². The van der Waals surface area contributed by atoms with Gasteiger partial charge in [0.05, 0.1) is 33.6 Å². The van der Waals surface area contributed by atoms with E-state index in [1.807, 2.05) is 30.3 Å². The van der Waals surface area contributed by atoms with E-state index < -0.39 is 18.1 Å². The molecule has 1 aliphatic rings. The Kier molecular flexibility index (Phi) is 5.97. The van der Waals surface area contributed by atoms with Crippen molar-refractivity contribution in [1.29, 1.82) is 10.5 Å². The molecule has 3 N–H and O–H groups in total. The molecular weight excluding hydrogens is 442 g/mol. The lowest BCUT2D eigenvalue weighted by Crippen LogP contribution is -2.40. The van der Waals surface area contributed by atoms with Crippen LogP contribution < -0.4 is 10.7 Å². The normalized spacial score (nSPS) is 17.9. The van der Waals surface area contributed by atoms with Crippen molar-refractivity contribution < 1.29 is 14.3 Å². The first-order chi connectivity index (χ1) is 15.9. The van der Waals surface area contributed by atoms with E-state index in [2.05, 4.69) is 17.2 Å². The van der Waals surface area contributed by atoms with Crippen LogP contribution in [0.4, 0.5) is 5.69 Å². The van der Waals surface area contributed by atoms with Gasteiger partial charge in [-0.05, 0) is 36.4 Å². The van der Waals surface area contributed by atoms with Gasteiger partial charge in [-0.15, -0.1) is 0 Å². The number of hydrogen-bond donors (Lipinski definition) is 2. The van der Waals surface area contributed by atoms with E-state index >= 15 is 0 Å². The predicted molar refractivity (Wildman–Crippen MR) is 123 cm³/mol. The van der Waals surface area contributed by atoms with Crippen LogP contribution in [-0.4, -0.2) is 23.0 Å². The maximum Gasteiger partial charge on any atom is 0.337 e. The molecule has 0 radical (unpaired) electrons. The van der Waals surface area contributed by atoms with Gasteiger partial charge in [-0.1, -0.05) is 35.9 Å². The van der Waals surface area contributed by atoms with Crippen molar-refractivity contribution in [3.63, 3.8) is 0 Å². The number of hydrazone groups is 1. The summed E-state index contributed by atoms with van der Waals surface area (Å²) in [4.78, 5) is 11.1. The van der Waals surface area contributed by atoms with E-state index in [-0.39, 0.29) is 21.9 Å². The number of hydrogen-bond acceptors (Lipinski definition) is 7. The summed E-state index contributed by atoms with van der Waals surface area (Å²) >= 11 is 6.04. The fraction of sp³-hybridized carbons (Fsp3) is 0.0833. The van der Waals surface area contributed by atoms with Gasteiger partial charge in [-0.2, -0.15) is 15.6 Å². The van der Waals surface area contributed by atoms with Crippen molar-refractivity contribution in [1.82, 2.24) is 0 Å². The lowest BCUT2D eigenvalue weighted by Gasteiger charge is -2.21. The Bertz CT molecular complexity index is 1360. The number of furan rings is 1. The van der Waals surface area contributed by atoms with Crippen LogP contribution in [0.25, 0.3) is 17.4 Å². The standard InChI is InChI=1S/C24H16ClN5O3/c25-20-11-14(6-8-18(20)24(31)32)21-9-7-17(33-21)10-15(12-26)22-19(13-27)23(28)30(29-22)16-4-2-1-3-5-16/h1-11,19,23H,28H2,(H,31,32)/b15-10-/t19-,23+/m0/s1. The maximum atomic E-state index is 11.1. The van der Waals surface area contributed by atoms with Crippen molar-refractivity contribution in [2.24, 2.45) is 16.8 Å². The lowest BCUT2D eigenvalue weighted by atomic mass is 9.96.